The van der Waals surface area contributed by atoms with Gasteiger partial charge in [0.05, 0.1) is 17.9 Å². The molecule has 0 atom stereocenters. The first-order valence-electron chi connectivity index (χ1n) is 7.30. The number of ketones is 1. The largest absolute Gasteiger partial charge is 0.462 e. The summed E-state index contributed by atoms with van der Waals surface area (Å²) in [6.07, 6.45) is 1.74. The minimum absolute atomic E-state index is 0.165. The Kier molecular flexibility index (Phi) is 5.31. The molecule has 0 aliphatic heterocycles. The Morgan fingerprint density at radius 1 is 1.00 bits per heavy atom. The van der Waals surface area contributed by atoms with Crippen LogP contribution in [-0.2, 0) is 4.74 Å². The van der Waals surface area contributed by atoms with Crippen molar-refractivity contribution < 1.29 is 14.3 Å². The normalized spacial score (nSPS) is 10.2. The number of nitrogen functional groups attached to an aromatic ring is 1. The maximum atomic E-state index is 12.5. The van der Waals surface area contributed by atoms with Crippen LogP contribution in [0.1, 0.15) is 46.0 Å². The lowest BCUT2D eigenvalue weighted by Gasteiger charge is -2.10. The van der Waals surface area contributed by atoms with Gasteiger partial charge in [-0.2, -0.15) is 0 Å². The first-order valence-corrected chi connectivity index (χ1v) is 7.30. The van der Waals surface area contributed by atoms with Crippen molar-refractivity contribution in [2.24, 2.45) is 0 Å². The quantitative estimate of drug-likeness (QED) is 0.384. The number of nitrogens with two attached hydrogens (primary N) is 1. The fourth-order valence-corrected chi connectivity index (χ4v) is 2.07. The van der Waals surface area contributed by atoms with E-state index in [0.717, 1.165) is 12.8 Å². The number of para-hydroxylation sites is 1. The molecule has 0 aliphatic carbocycles. The molecule has 4 heteroatoms. The van der Waals surface area contributed by atoms with Crippen molar-refractivity contribution in [2.75, 3.05) is 12.3 Å². The van der Waals surface area contributed by atoms with Crippen LogP contribution in [0.5, 0.6) is 0 Å². The van der Waals surface area contributed by atoms with Crippen molar-refractivity contribution in [2.45, 2.75) is 19.8 Å². The number of hydrogen-bond acceptors (Lipinski definition) is 4. The fraction of sp³-hybridized carbons (Fsp3) is 0.222. The zero-order chi connectivity index (χ0) is 15.9. The molecule has 0 bridgehead atoms. The van der Waals surface area contributed by atoms with Gasteiger partial charge in [-0.25, -0.2) is 4.79 Å². The topological polar surface area (TPSA) is 69.4 Å². The highest BCUT2D eigenvalue weighted by atomic mass is 16.5. The number of anilines is 1. The van der Waals surface area contributed by atoms with Gasteiger partial charge in [0, 0.05) is 11.1 Å². The van der Waals surface area contributed by atoms with Crippen molar-refractivity contribution in [1.29, 1.82) is 0 Å². The molecule has 22 heavy (non-hydrogen) atoms. The second kappa shape index (κ2) is 7.41. The Morgan fingerprint density at radius 2 is 1.68 bits per heavy atom. The molecule has 0 spiro atoms. The van der Waals surface area contributed by atoms with Gasteiger partial charge in [0.15, 0.2) is 5.78 Å². The van der Waals surface area contributed by atoms with Crippen LogP contribution in [0.25, 0.3) is 0 Å². The predicted octanol–water partition coefficient (Wildman–Crippen LogP) is 3.46. The molecule has 0 fully saturated rings. The maximum Gasteiger partial charge on any atom is 0.340 e. The predicted molar refractivity (Wildman–Crippen MR) is 85.9 cm³/mol. The van der Waals surface area contributed by atoms with Crippen LogP contribution in [0.2, 0.25) is 0 Å². The molecular formula is C18H19NO3. The Balaban J connectivity index is 2.26. The smallest absolute Gasteiger partial charge is 0.340 e. The summed E-state index contributed by atoms with van der Waals surface area (Å²) in [5.41, 5.74) is 7.25. The first-order chi connectivity index (χ1) is 10.6. The number of hydrogen-bond donors (Lipinski definition) is 1. The van der Waals surface area contributed by atoms with Crippen molar-refractivity contribution in [3.05, 3.63) is 65.2 Å². The Labute approximate surface area is 129 Å². The van der Waals surface area contributed by atoms with Crippen molar-refractivity contribution in [3.63, 3.8) is 0 Å². The average Bonchev–Trinajstić information content (AvgIpc) is 2.55. The molecule has 0 saturated carbocycles. The van der Waals surface area contributed by atoms with Crippen LogP contribution in [-0.4, -0.2) is 18.4 Å². The number of unbranched alkanes of at least 4 members (excludes halogenated alkanes) is 1. The summed E-state index contributed by atoms with van der Waals surface area (Å²) in [4.78, 5) is 24.5. The lowest BCUT2D eigenvalue weighted by Crippen LogP contribution is -2.13. The van der Waals surface area contributed by atoms with Gasteiger partial charge in [0.2, 0.25) is 0 Å². The lowest BCUT2D eigenvalue weighted by atomic mass is 9.99. The number of esters is 1. The summed E-state index contributed by atoms with van der Waals surface area (Å²) < 4.78 is 5.16. The highest BCUT2D eigenvalue weighted by Gasteiger charge is 2.18. The first kappa shape index (κ1) is 15.8. The number of benzene rings is 2. The summed E-state index contributed by atoms with van der Waals surface area (Å²) in [5, 5.41) is 0. The van der Waals surface area contributed by atoms with Crippen LogP contribution in [0.3, 0.4) is 0 Å². The molecule has 2 rings (SSSR count). The number of rotatable bonds is 6. The molecule has 0 aliphatic rings. The summed E-state index contributed by atoms with van der Waals surface area (Å²) in [6, 6.07) is 13.7. The molecule has 0 amide bonds. The van der Waals surface area contributed by atoms with E-state index in [-0.39, 0.29) is 17.0 Å². The number of carbonyl (C=O) groups is 2. The molecule has 0 saturated heterocycles. The van der Waals surface area contributed by atoms with Crippen molar-refractivity contribution in [3.8, 4) is 0 Å². The van der Waals surface area contributed by atoms with E-state index in [9.17, 15) is 9.59 Å². The van der Waals surface area contributed by atoms with Crippen LogP contribution in [0, 0.1) is 0 Å². The third-order valence-electron chi connectivity index (χ3n) is 3.34. The van der Waals surface area contributed by atoms with E-state index in [1.165, 1.54) is 0 Å². The van der Waals surface area contributed by atoms with Gasteiger partial charge in [-0.1, -0.05) is 49.7 Å². The van der Waals surface area contributed by atoms with Crippen molar-refractivity contribution in [1.82, 2.24) is 0 Å². The molecule has 2 N–H and O–H groups in total. The lowest BCUT2D eigenvalue weighted by molar-refractivity contribution is 0.0501. The minimum atomic E-state index is -0.492. The zero-order valence-corrected chi connectivity index (χ0v) is 12.5. The third kappa shape index (κ3) is 3.52. The Hall–Kier alpha value is -2.62. The Bertz CT molecular complexity index is 665. The molecule has 0 heterocycles. The molecule has 0 aromatic heterocycles. The van der Waals surface area contributed by atoms with Crippen LogP contribution in [0.15, 0.2) is 48.5 Å². The standard InChI is InChI=1S/C18H19NO3/c1-2-3-12-22-18(21)15-11-7-10-14(16(15)19)17(20)13-8-5-4-6-9-13/h4-11H,2-3,12,19H2,1H3. The Morgan fingerprint density at radius 3 is 2.36 bits per heavy atom. The summed E-state index contributed by atoms with van der Waals surface area (Å²) >= 11 is 0. The van der Waals surface area contributed by atoms with E-state index < -0.39 is 5.97 Å². The van der Waals surface area contributed by atoms with Crippen LogP contribution >= 0.6 is 0 Å². The molecule has 4 nitrogen and oxygen atoms in total. The highest BCUT2D eigenvalue weighted by molar-refractivity contribution is 6.14. The van der Waals surface area contributed by atoms with Gasteiger partial charge in [0.25, 0.3) is 0 Å². The maximum absolute atomic E-state index is 12.5. The monoisotopic (exact) mass is 297 g/mol. The second-order valence-corrected chi connectivity index (χ2v) is 4.95. The molecule has 2 aromatic rings. The highest BCUT2D eigenvalue weighted by Crippen LogP contribution is 2.21. The average molecular weight is 297 g/mol. The fourth-order valence-electron chi connectivity index (χ4n) is 2.07. The SMILES string of the molecule is CCCCOC(=O)c1cccc(C(=O)c2ccccc2)c1N. The summed E-state index contributed by atoms with van der Waals surface area (Å²) in [6.45, 7) is 2.37. The van der Waals surface area contributed by atoms with Gasteiger partial charge < -0.3 is 10.5 Å². The molecule has 114 valence electrons. The third-order valence-corrected chi connectivity index (χ3v) is 3.34. The van der Waals surface area contributed by atoms with Gasteiger partial charge in [0.1, 0.15) is 0 Å². The molecule has 2 aromatic carbocycles. The zero-order valence-electron chi connectivity index (χ0n) is 12.5. The van der Waals surface area contributed by atoms with E-state index in [1.54, 1.807) is 42.5 Å². The van der Waals surface area contributed by atoms with Gasteiger partial charge in [-0.3, -0.25) is 4.79 Å². The molecular weight excluding hydrogens is 278 g/mol. The van der Waals surface area contributed by atoms with Gasteiger partial charge >= 0.3 is 5.97 Å². The second-order valence-electron chi connectivity index (χ2n) is 4.95. The van der Waals surface area contributed by atoms with E-state index >= 15 is 0 Å². The minimum Gasteiger partial charge on any atom is -0.462 e. The van der Waals surface area contributed by atoms with Gasteiger partial charge in [-0.05, 0) is 18.6 Å². The van der Waals surface area contributed by atoms with Gasteiger partial charge in [-0.15, -0.1) is 0 Å². The van der Waals surface area contributed by atoms with Crippen LogP contribution < -0.4 is 5.73 Å². The number of carbonyl (C=O) groups excluding carboxylic acids is 2. The van der Waals surface area contributed by atoms with Crippen molar-refractivity contribution >= 4 is 17.4 Å². The summed E-state index contributed by atoms with van der Waals surface area (Å²) in [7, 11) is 0. The molecule has 0 radical (unpaired) electrons. The summed E-state index contributed by atoms with van der Waals surface area (Å²) in [5.74, 6) is -0.699. The van der Waals surface area contributed by atoms with E-state index in [4.69, 9.17) is 10.5 Å². The number of ether oxygens (including phenoxy) is 1. The van der Waals surface area contributed by atoms with E-state index in [2.05, 4.69) is 0 Å². The van der Waals surface area contributed by atoms with Crippen LogP contribution in [0.4, 0.5) is 5.69 Å². The van der Waals surface area contributed by atoms with E-state index in [0.29, 0.717) is 17.7 Å². The molecule has 0 unspecified atom stereocenters. The van der Waals surface area contributed by atoms with E-state index in [1.807, 2.05) is 13.0 Å².